The molecule has 0 unspecified atom stereocenters. The minimum atomic E-state index is -0.295. The van der Waals surface area contributed by atoms with Crippen LogP contribution in [0.1, 0.15) is 26.7 Å². The zero-order valence-corrected chi connectivity index (χ0v) is 7.59. The first-order chi connectivity index (χ1) is 5.68. The second kappa shape index (κ2) is 6.46. The third-order valence-corrected chi connectivity index (χ3v) is 1.16. The van der Waals surface area contributed by atoms with Crippen LogP contribution in [-0.4, -0.2) is 5.91 Å². The first kappa shape index (κ1) is 10.8. The van der Waals surface area contributed by atoms with E-state index in [1.165, 1.54) is 6.26 Å². The number of hydrogen-bond acceptors (Lipinski definition) is 2. The average molecular weight is 169 g/mol. The normalized spacial score (nSPS) is 9.83. The van der Waals surface area contributed by atoms with Crippen molar-refractivity contribution < 1.29 is 9.63 Å². The van der Waals surface area contributed by atoms with E-state index >= 15 is 0 Å². The quantitative estimate of drug-likeness (QED) is 0.388. The van der Waals surface area contributed by atoms with Crippen molar-refractivity contribution in [3.63, 3.8) is 0 Å². The summed E-state index contributed by atoms with van der Waals surface area (Å²) in [6, 6.07) is 0. The Morgan fingerprint density at radius 1 is 1.67 bits per heavy atom. The molecule has 68 valence electrons. The lowest BCUT2D eigenvalue weighted by atomic mass is 10.3. The number of hydrogen-bond donors (Lipinski definition) is 1. The summed E-state index contributed by atoms with van der Waals surface area (Å²) in [5.41, 5.74) is 2.65. The van der Waals surface area contributed by atoms with Crippen LogP contribution in [0.5, 0.6) is 0 Å². The molecule has 12 heavy (non-hydrogen) atoms. The lowest BCUT2D eigenvalue weighted by molar-refractivity contribution is -0.125. The highest BCUT2D eigenvalue weighted by atomic mass is 16.6. The Hall–Kier alpha value is -1.25. The number of nitrogens with one attached hydrogen (secondary N) is 1. The van der Waals surface area contributed by atoms with Crippen LogP contribution in [0.4, 0.5) is 0 Å². The molecule has 0 aliphatic heterocycles. The van der Waals surface area contributed by atoms with Crippen LogP contribution in [-0.2, 0) is 9.63 Å². The van der Waals surface area contributed by atoms with Gasteiger partial charge in [0.15, 0.2) is 0 Å². The van der Waals surface area contributed by atoms with Crippen LogP contribution in [0, 0.1) is 0 Å². The molecule has 0 saturated heterocycles. The summed E-state index contributed by atoms with van der Waals surface area (Å²) in [5, 5.41) is 0. The van der Waals surface area contributed by atoms with E-state index in [0.29, 0.717) is 5.57 Å². The fourth-order valence-corrected chi connectivity index (χ4v) is 0.457. The average Bonchev–Trinajstić information content (AvgIpc) is 2.03. The van der Waals surface area contributed by atoms with E-state index in [1.807, 2.05) is 6.08 Å². The SMILES string of the molecule is C=C(C)C(=O)NO/C=C/CCC. The standard InChI is InChI=1S/C9H15NO2/c1-4-5-6-7-12-10-9(11)8(2)3/h6-7H,2,4-5H2,1,3H3,(H,10,11)/b7-6+. The fraction of sp³-hybridized carbons (Fsp3) is 0.444. The zero-order chi connectivity index (χ0) is 9.40. The van der Waals surface area contributed by atoms with Crippen molar-refractivity contribution in [1.82, 2.24) is 5.48 Å². The monoisotopic (exact) mass is 169 g/mol. The largest absolute Gasteiger partial charge is 0.387 e. The van der Waals surface area contributed by atoms with Gasteiger partial charge in [-0.1, -0.05) is 19.9 Å². The topological polar surface area (TPSA) is 38.3 Å². The Kier molecular flexibility index (Phi) is 5.79. The summed E-state index contributed by atoms with van der Waals surface area (Å²) >= 11 is 0. The van der Waals surface area contributed by atoms with Crippen molar-refractivity contribution in [2.45, 2.75) is 26.7 Å². The smallest absolute Gasteiger partial charge is 0.278 e. The number of hydroxylamine groups is 1. The number of allylic oxidation sites excluding steroid dienone is 1. The molecular formula is C9H15NO2. The molecular weight excluding hydrogens is 154 g/mol. The third kappa shape index (κ3) is 5.53. The van der Waals surface area contributed by atoms with Crippen molar-refractivity contribution in [1.29, 1.82) is 0 Å². The number of carbonyl (C=O) groups excluding carboxylic acids is 1. The lowest BCUT2D eigenvalue weighted by Crippen LogP contribution is -2.21. The molecule has 1 N–H and O–H groups in total. The highest BCUT2D eigenvalue weighted by Gasteiger charge is 1.97. The van der Waals surface area contributed by atoms with Crippen LogP contribution in [0.25, 0.3) is 0 Å². The van der Waals surface area contributed by atoms with Crippen LogP contribution in [0.15, 0.2) is 24.5 Å². The summed E-state index contributed by atoms with van der Waals surface area (Å²) in [6.07, 6.45) is 5.32. The maximum Gasteiger partial charge on any atom is 0.278 e. The van der Waals surface area contributed by atoms with Gasteiger partial charge in [0.1, 0.15) is 6.26 Å². The molecule has 0 radical (unpaired) electrons. The van der Waals surface area contributed by atoms with E-state index in [0.717, 1.165) is 12.8 Å². The zero-order valence-electron chi connectivity index (χ0n) is 7.59. The van der Waals surface area contributed by atoms with Crippen molar-refractivity contribution in [3.05, 3.63) is 24.5 Å². The highest BCUT2D eigenvalue weighted by Crippen LogP contribution is 1.89. The van der Waals surface area contributed by atoms with Crippen molar-refractivity contribution in [2.75, 3.05) is 0 Å². The molecule has 0 atom stereocenters. The Morgan fingerprint density at radius 3 is 2.83 bits per heavy atom. The van der Waals surface area contributed by atoms with Gasteiger partial charge in [-0.3, -0.25) is 4.79 Å². The second-order valence-corrected chi connectivity index (χ2v) is 2.49. The van der Waals surface area contributed by atoms with Crippen LogP contribution in [0.2, 0.25) is 0 Å². The van der Waals surface area contributed by atoms with Crippen LogP contribution >= 0.6 is 0 Å². The molecule has 0 heterocycles. The molecule has 0 aromatic heterocycles. The van der Waals surface area contributed by atoms with E-state index in [2.05, 4.69) is 19.0 Å². The molecule has 0 bridgehead atoms. The van der Waals surface area contributed by atoms with E-state index in [1.54, 1.807) is 6.92 Å². The summed E-state index contributed by atoms with van der Waals surface area (Å²) in [6.45, 7) is 7.14. The predicted octanol–water partition coefficient (Wildman–Crippen LogP) is 1.92. The summed E-state index contributed by atoms with van der Waals surface area (Å²) in [4.78, 5) is 15.5. The number of amides is 1. The van der Waals surface area contributed by atoms with Gasteiger partial charge in [-0.25, -0.2) is 0 Å². The molecule has 3 heteroatoms. The number of rotatable bonds is 5. The van der Waals surface area contributed by atoms with Gasteiger partial charge < -0.3 is 4.84 Å². The van der Waals surface area contributed by atoms with E-state index in [4.69, 9.17) is 4.84 Å². The molecule has 0 spiro atoms. The number of carbonyl (C=O) groups is 1. The molecule has 0 aromatic carbocycles. The molecule has 0 saturated carbocycles. The van der Waals surface area contributed by atoms with Crippen LogP contribution < -0.4 is 5.48 Å². The maximum atomic E-state index is 10.8. The van der Waals surface area contributed by atoms with Gasteiger partial charge in [0.2, 0.25) is 0 Å². The third-order valence-electron chi connectivity index (χ3n) is 1.16. The fourth-order valence-electron chi connectivity index (χ4n) is 0.457. The first-order valence-electron chi connectivity index (χ1n) is 3.95. The highest BCUT2D eigenvalue weighted by molar-refractivity contribution is 5.91. The Labute approximate surface area is 73.1 Å². The van der Waals surface area contributed by atoms with Gasteiger partial charge in [-0.2, -0.15) is 5.48 Å². The summed E-state index contributed by atoms with van der Waals surface area (Å²) in [5.74, 6) is -0.295. The van der Waals surface area contributed by atoms with E-state index in [-0.39, 0.29) is 5.91 Å². The molecule has 0 fully saturated rings. The number of unbranched alkanes of at least 4 members (excludes halogenated alkanes) is 1. The van der Waals surface area contributed by atoms with Gasteiger partial charge in [-0.15, -0.1) is 0 Å². The molecule has 3 nitrogen and oxygen atoms in total. The summed E-state index contributed by atoms with van der Waals surface area (Å²) < 4.78 is 0. The second-order valence-electron chi connectivity index (χ2n) is 2.49. The Bertz CT molecular complexity index is 185. The Balaban J connectivity index is 3.43. The maximum absolute atomic E-state index is 10.8. The molecule has 0 aromatic rings. The van der Waals surface area contributed by atoms with Gasteiger partial charge >= 0.3 is 0 Å². The van der Waals surface area contributed by atoms with Crippen LogP contribution in [0.3, 0.4) is 0 Å². The molecule has 0 aliphatic rings. The van der Waals surface area contributed by atoms with Crippen molar-refractivity contribution >= 4 is 5.91 Å². The predicted molar refractivity (Wildman–Crippen MR) is 48.1 cm³/mol. The van der Waals surface area contributed by atoms with E-state index in [9.17, 15) is 4.79 Å². The van der Waals surface area contributed by atoms with Gasteiger partial charge in [-0.05, 0) is 19.4 Å². The minimum absolute atomic E-state index is 0.295. The van der Waals surface area contributed by atoms with Gasteiger partial charge in [0.25, 0.3) is 5.91 Å². The molecule has 1 amide bonds. The van der Waals surface area contributed by atoms with E-state index < -0.39 is 0 Å². The van der Waals surface area contributed by atoms with Gasteiger partial charge in [0.05, 0.1) is 0 Å². The Morgan fingerprint density at radius 2 is 2.33 bits per heavy atom. The lowest BCUT2D eigenvalue weighted by Gasteiger charge is -2.00. The first-order valence-corrected chi connectivity index (χ1v) is 3.95. The molecule has 0 rings (SSSR count). The van der Waals surface area contributed by atoms with Crippen molar-refractivity contribution in [2.24, 2.45) is 0 Å². The molecule has 0 aliphatic carbocycles. The van der Waals surface area contributed by atoms with Gasteiger partial charge in [0, 0.05) is 5.57 Å². The summed E-state index contributed by atoms with van der Waals surface area (Å²) in [7, 11) is 0. The van der Waals surface area contributed by atoms with Crippen molar-refractivity contribution in [3.8, 4) is 0 Å². The minimum Gasteiger partial charge on any atom is -0.387 e.